The van der Waals surface area contributed by atoms with E-state index in [9.17, 15) is 4.79 Å². The van der Waals surface area contributed by atoms with Crippen molar-refractivity contribution in [2.45, 2.75) is 13.0 Å². The molecule has 0 aliphatic carbocycles. The van der Waals surface area contributed by atoms with Gasteiger partial charge in [0.2, 0.25) is 0 Å². The first-order valence-corrected chi connectivity index (χ1v) is 9.54. The number of methoxy groups -OCH3 is 2. The lowest BCUT2D eigenvalue weighted by Crippen LogP contribution is -2.51. The highest BCUT2D eigenvalue weighted by atomic mass is 16.5. The number of aromatic nitrogens is 1. The van der Waals surface area contributed by atoms with Gasteiger partial charge in [0.05, 0.1) is 14.2 Å². The van der Waals surface area contributed by atoms with Crippen molar-refractivity contribution in [1.82, 2.24) is 20.1 Å². The van der Waals surface area contributed by atoms with E-state index in [0.29, 0.717) is 18.0 Å². The van der Waals surface area contributed by atoms with Gasteiger partial charge in [-0.3, -0.25) is 9.88 Å². The quantitative estimate of drug-likeness (QED) is 0.793. The second-order valence-corrected chi connectivity index (χ2v) is 6.80. The Kier molecular flexibility index (Phi) is 7.08. The van der Waals surface area contributed by atoms with E-state index in [1.54, 1.807) is 20.4 Å². The Balaban J connectivity index is 1.40. The van der Waals surface area contributed by atoms with Gasteiger partial charge in [-0.1, -0.05) is 12.1 Å². The number of benzene rings is 1. The van der Waals surface area contributed by atoms with Crippen molar-refractivity contribution in [3.05, 3.63) is 53.9 Å². The van der Waals surface area contributed by atoms with Gasteiger partial charge in [-0.2, -0.15) is 0 Å². The fourth-order valence-electron chi connectivity index (χ4n) is 3.32. The summed E-state index contributed by atoms with van der Waals surface area (Å²) >= 11 is 0. The van der Waals surface area contributed by atoms with Crippen LogP contribution in [0, 0.1) is 0 Å². The number of hydrogen-bond donors (Lipinski definition) is 1. The number of piperazine rings is 1. The minimum Gasteiger partial charge on any atom is -0.493 e. The van der Waals surface area contributed by atoms with Crippen molar-refractivity contribution in [2.75, 3.05) is 46.9 Å². The van der Waals surface area contributed by atoms with Gasteiger partial charge in [0.15, 0.2) is 11.5 Å². The first kappa shape index (κ1) is 19.9. The van der Waals surface area contributed by atoms with Crippen molar-refractivity contribution in [3.8, 4) is 11.5 Å². The first-order chi connectivity index (χ1) is 13.7. The first-order valence-electron chi connectivity index (χ1n) is 9.54. The summed E-state index contributed by atoms with van der Waals surface area (Å²) in [6.07, 6.45) is 4.42. The molecule has 2 heterocycles. The second kappa shape index (κ2) is 9.94. The predicted molar refractivity (Wildman–Crippen MR) is 108 cm³/mol. The summed E-state index contributed by atoms with van der Waals surface area (Å²) in [5, 5.41) is 3.02. The number of carbonyl (C=O) groups is 1. The van der Waals surface area contributed by atoms with Crippen LogP contribution in [-0.4, -0.2) is 67.8 Å². The van der Waals surface area contributed by atoms with Crippen molar-refractivity contribution < 1.29 is 14.3 Å². The number of ether oxygens (including phenoxy) is 2. The number of urea groups is 1. The Morgan fingerprint density at radius 1 is 1.07 bits per heavy atom. The smallest absolute Gasteiger partial charge is 0.317 e. The van der Waals surface area contributed by atoms with E-state index in [2.05, 4.69) is 21.3 Å². The number of rotatable bonds is 7. The van der Waals surface area contributed by atoms with Crippen LogP contribution in [0.25, 0.3) is 0 Å². The Bertz CT molecular complexity index is 762. The van der Waals surface area contributed by atoms with E-state index in [4.69, 9.17) is 9.47 Å². The lowest BCUT2D eigenvalue weighted by Gasteiger charge is -2.34. The SMILES string of the molecule is COc1ccc(CCNC(=O)N2CCN(Cc3cccnc3)CC2)cc1OC. The summed E-state index contributed by atoms with van der Waals surface area (Å²) < 4.78 is 10.6. The summed E-state index contributed by atoms with van der Waals surface area (Å²) in [4.78, 5) is 20.8. The molecule has 3 rings (SSSR count). The fraction of sp³-hybridized carbons (Fsp3) is 0.429. The average molecular weight is 384 g/mol. The van der Waals surface area contributed by atoms with Crippen molar-refractivity contribution >= 4 is 6.03 Å². The number of hydrogen-bond acceptors (Lipinski definition) is 5. The van der Waals surface area contributed by atoms with E-state index >= 15 is 0 Å². The lowest BCUT2D eigenvalue weighted by atomic mass is 10.1. The lowest BCUT2D eigenvalue weighted by molar-refractivity contribution is 0.135. The number of carbonyl (C=O) groups excluding carboxylic acids is 1. The molecule has 0 spiro atoms. The average Bonchev–Trinajstić information content (AvgIpc) is 2.74. The van der Waals surface area contributed by atoms with Gasteiger partial charge in [0, 0.05) is 51.7 Å². The zero-order valence-electron chi connectivity index (χ0n) is 16.6. The molecule has 0 radical (unpaired) electrons. The van der Waals surface area contributed by atoms with Crippen LogP contribution in [0.2, 0.25) is 0 Å². The van der Waals surface area contributed by atoms with Crippen LogP contribution in [0.4, 0.5) is 4.79 Å². The number of amides is 2. The maximum absolute atomic E-state index is 12.4. The Hall–Kier alpha value is -2.80. The van der Waals surface area contributed by atoms with Gasteiger partial charge in [-0.25, -0.2) is 4.79 Å². The van der Waals surface area contributed by atoms with Crippen molar-refractivity contribution in [2.24, 2.45) is 0 Å². The largest absolute Gasteiger partial charge is 0.493 e. The number of nitrogens with zero attached hydrogens (tertiary/aromatic N) is 3. The highest BCUT2D eigenvalue weighted by molar-refractivity contribution is 5.74. The molecule has 1 N–H and O–H groups in total. The normalized spacial score (nSPS) is 14.6. The molecule has 1 fully saturated rings. The zero-order chi connectivity index (χ0) is 19.8. The molecule has 28 heavy (non-hydrogen) atoms. The number of pyridine rings is 1. The molecule has 0 saturated carbocycles. The van der Waals surface area contributed by atoms with Crippen LogP contribution >= 0.6 is 0 Å². The standard InChI is InChI=1S/C21H28N4O3/c1-27-19-6-5-17(14-20(19)28-2)7-9-23-21(26)25-12-10-24(11-13-25)16-18-4-3-8-22-15-18/h3-6,8,14-15H,7,9-13,16H2,1-2H3,(H,23,26). The summed E-state index contributed by atoms with van der Waals surface area (Å²) in [5.41, 5.74) is 2.30. The third kappa shape index (κ3) is 5.36. The van der Waals surface area contributed by atoms with Crippen LogP contribution in [0.5, 0.6) is 11.5 Å². The maximum Gasteiger partial charge on any atom is 0.317 e. The third-order valence-electron chi connectivity index (χ3n) is 4.93. The molecular formula is C21H28N4O3. The third-order valence-corrected chi connectivity index (χ3v) is 4.93. The predicted octanol–water partition coefficient (Wildman–Crippen LogP) is 2.17. The molecule has 0 bridgehead atoms. The zero-order valence-corrected chi connectivity index (χ0v) is 16.6. The van der Waals surface area contributed by atoms with Gasteiger partial charge < -0.3 is 19.7 Å². The monoisotopic (exact) mass is 384 g/mol. The molecule has 0 unspecified atom stereocenters. The molecule has 1 aromatic carbocycles. The Labute approximate surface area is 166 Å². The van der Waals surface area contributed by atoms with E-state index in [-0.39, 0.29) is 6.03 Å². The van der Waals surface area contributed by atoms with Crippen LogP contribution in [-0.2, 0) is 13.0 Å². The Morgan fingerprint density at radius 3 is 2.54 bits per heavy atom. The molecule has 1 aromatic heterocycles. The molecule has 7 heteroatoms. The van der Waals surface area contributed by atoms with Gasteiger partial charge in [0.25, 0.3) is 0 Å². The van der Waals surface area contributed by atoms with E-state index in [1.807, 2.05) is 35.4 Å². The maximum atomic E-state index is 12.4. The second-order valence-electron chi connectivity index (χ2n) is 6.80. The van der Waals surface area contributed by atoms with Gasteiger partial charge in [0.1, 0.15) is 0 Å². The van der Waals surface area contributed by atoms with E-state index in [0.717, 1.165) is 44.7 Å². The van der Waals surface area contributed by atoms with Crippen LogP contribution in [0.1, 0.15) is 11.1 Å². The fourth-order valence-corrected chi connectivity index (χ4v) is 3.32. The van der Waals surface area contributed by atoms with Gasteiger partial charge in [-0.15, -0.1) is 0 Å². The molecule has 7 nitrogen and oxygen atoms in total. The van der Waals surface area contributed by atoms with Crippen LogP contribution in [0.3, 0.4) is 0 Å². The van der Waals surface area contributed by atoms with Crippen LogP contribution < -0.4 is 14.8 Å². The summed E-state index contributed by atoms with van der Waals surface area (Å²) in [6.45, 7) is 4.69. The molecule has 2 amide bonds. The molecule has 1 aliphatic heterocycles. The minimum atomic E-state index is 0.00139. The topological polar surface area (TPSA) is 66.9 Å². The summed E-state index contributed by atoms with van der Waals surface area (Å²) in [5.74, 6) is 1.41. The molecule has 0 atom stereocenters. The van der Waals surface area contributed by atoms with Crippen molar-refractivity contribution in [1.29, 1.82) is 0 Å². The highest BCUT2D eigenvalue weighted by Gasteiger charge is 2.20. The molecule has 1 saturated heterocycles. The Morgan fingerprint density at radius 2 is 1.86 bits per heavy atom. The van der Waals surface area contributed by atoms with Gasteiger partial charge >= 0.3 is 6.03 Å². The summed E-state index contributed by atoms with van der Waals surface area (Å²) in [6, 6.07) is 9.86. The minimum absolute atomic E-state index is 0.00139. The molecular weight excluding hydrogens is 356 g/mol. The number of nitrogens with one attached hydrogen (secondary N) is 1. The van der Waals surface area contributed by atoms with E-state index < -0.39 is 0 Å². The molecule has 2 aromatic rings. The van der Waals surface area contributed by atoms with Gasteiger partial charge in [-0.05, 0) is 35.7 Å². The molecule has 1 aliphatic rings. The van der Waals surface area contributed by atoms with E-state index in [1.165, 1.54) is 5.56 Å². The molecule has 150 valence electrons. The summed E-state index contributed by atoms with van der Waals surface area (Å²) in [7, 11) is 3.24. The van der Waals surface area contributed by atoms with Crippen molar-refractivity contribution in [3.63, 3.8) is 0 Å². The van der Waals surface area contributed by atoms with Crippen LogP contribution in [0.15, 0.2) is 42.7 Å². The highest BCUT2D eigenvalue weighted by Crippen LogP contribution is 2.27.